The number of aromatic nitrogens is 3. The van der Waals surface area contributed by atoms with Gasteiger partial charge >= 0.3 is 0 Å². The van der Waals surface area contributed by atoms with Crippen LogP contribution in [0.2, 0.25) is 5.02 Å². The summed E-state index contributed by atoms with van der Waals surface area (Å²) in [5, 5.41) is 6.80. The number of carbonyl (C=O) groups is 1. The highest BCUT2D eigenvalue weighted by molar-refractivity contribution is 6.32. The fraction of sp³-hybridized carbons (Fsp3) is 0.391. The minimum atomic E-state index is -0.317. The van der Waals surface area contributed by atoms with E-state index in [9.17, 15) is 9.59 Å². The molecule has 0 saturated heterocycles. The van der Waals surface area contributed by atoms with Gasteiger partial charge in [0.15, 0.2) is 18.2 Å². The van der Waals surface area contributed by atoms with E-state index in [1.165, 1.54) is 11.6 Å². The second kappa shape index (κ2) is 13.3. The molecule has 2 aromatic heterocycles. The Morgan fingerprint density at radius 3 is 2.50 bits per heavy atom. The summed E-state index contributed by atoms with van der Waals surface area (Å²) in [6, 6.07) is 7.12. The van der Waals surface area contributed by atoms with Crippen molar-refractivity contribution in [2.24, 2.45) is 7.05 Å². The van der Waals surface area contributed by atoms with Gasteiger partial charge in [-0.3, -0.25) is 9.59 Å². The zero-order valence-electron chi connectivity index (χ0n) is 19.7. The monoisotopic (exact) mass is 461 g/mol. The first-order chi connectivity index (χ1) is 15.4. The highest BCUT2D eigenvalue weighted by Gasteiger charge is 2.11. The summed E-state index contributed by atoms with van der Waals surface area (Å²) in [5.41, 5.74) is 1.15. The van der Waals surface area contributed by atoms with E-state index in [0.717, 1.165) is 16.6 Å². The standard InChI is InChI=1S/C19H20ClN5O3.2C2H6/c1-4-16-22-9-13(20)18(24-16)23-12-5-6-14-11(7-12)8-15(19(27)25(14)3)28-10-17(26)21-2;2*1-2/h5-9H,4,10H2,1-3H3,(H,21,26)(H,22,23,24);2*1-2H3. The topological polar surface area (TPSA) is 98.1 Å². The lowest BCUT2D eigenvalue weighted by atomic mass is 10.2. The van der Waals surface area contributed by atoms with E-state index in [-0.39, 0.29) is 23.8 Å². The number of fused-ring (bicyclic) bond motifs is 1. The molecule has 0 bridgehead atoms. The van der Waals surface area contributed by atoms with Crippen molar-refractivity contribution in [3.05, 3.63) is 51.7 Å². The van der Waals surface area contributed by atoms with Gasteiger partial charge in [0.1, 0.15) is 10.8 Å². The van der Waals surface area contributed by atoms with Gasteiger partial charge < -0.3 is 19.9 Å². The van der Waals surface area contributed by atoms with E-state index in [1.54, 1.807) is 19.3 Å². The first kappa shape index (κ1) is 26.9. The number of aryl methyl sites for hydroxylation is 2. The second-order valence-electron chi connectivity index (χ2n) is 6.07. The Bertz CT molecular complexity index is 1100. The molecule has 0 fully saturated rings. The number of halogens is 1. The third kappa shape index (κ3) is 6.68. The van der Waals surface area contributed by atoms with Crippen LogP contribution in [0.4, 0.5) is 11.5 Å². The predicted molar refractivity (Wildman–Crippen MR) is 131 cm³/mol. The smallest absolute Gasteiger partial charge is 0.293 e. The third-order valence-electron chi connectivity index (χ3n) is 4.20. The molecule has 0 aliphatic carbocycles. The zero-order chi connectivity index (χ0) is 24.3. The van der Waals surface area contributed by atoms with E-state index >= 15 is 0 Å². The van der Waals surface area contributed by atoms with Crippen LogP contribution >= 0.6 is 11.6 Å². The van der Waals surface area contributed by atoms with Gasteiger partial charge in [-0.1, -0.05) is 46.2 Å². The summed E-state index contributed by atoms with van der Waals surface area (Å²) in [6.07, 6.45) is 2.25. The molecular weight excluding hydrogens is 430 g/mol. The highest BCUT2D eigenvalue weighted by Crippen LogP contribution is 2.26. The normalized spacial score (nSPS) is 9.75. The van der Waals surface area contributed by atoms with Gasteiger partial charge in [-0.2, -0.15) is 0 Å². The number of benzene rings is 1. The molecule has 2 N–H and O–H groups in total. The Labute approximate surface area is 194 Å². The lowest BCUT2D eigenvalue weighted by Gasteiger charge is -2.12. The maximum atomic E-state index is 12.4. The Kier molecular flexibility index (Phi) is 11.2. The SMILES string of the molecule is CC.CC.CCc1ncc(Cl)c(Nc2ccc3c(c2)cc(OCC(=O)NC)c(=O)n3C)n1. The fourth-order valence-electron chi connectivity index (χ4n) is 2.65. The van der Waals surface area contributed by atoms with Crippen LogP contribution in [0.25, 0.3) is 10.9 Å². The number of ether oxygens (including phenoxy) is 1. The molecule has 9 heteroatoms. The second-order valence-corrected chi connectivity index (χ2v) is 6.48. The quantitative estimate of drug-likeness (QED) is 0.562. The van der Waals surface area contributed by atoms with Crippen molar-refractivity contribution in [3.63, 3.8) is 0 Å². The number of rotatable bonds is 6. The number of nitrogens with one attached hydrogen (secondary N) is 2. The van der Waals surface area contributed by atoms with Gasteiger partial charge in [0, 0.05) is 31.6 Å². The van der Waals surface area contributed by atoms with Gasteiger partial charge in [-0.15, -0.1) is 0 Å². The molecule has 0 saturated carbocycles. The van der Waals surface area contributed by atoms with Crippen LogP contribution < -0.4 is 20.9 Å². The molecule has 3 rings (SSSR count). The average Bonchev–Trinajstić information content (AvgIpc) is 2.84. The zero-order valence-corrected chi connectivity index (χ0v) is 20.5. The number of anilines is 2. The maximum absolute atomic E-state index is 12.4. The first-order valence-corrected chi connectivity index (χ1v) is 11.1. The van der Waals surface area contributed by atoms with Crippen molar-refractivity contribution >= 4 is 39.9 Å². The molecule has 3 aromatic rings. The Balaban J connectivity index is 0.00000121. The van der Waals surface area contributed by atoms with E-state index in [2.05, 4.69) is 20.6 Å². The number of hydrogen-bond donors (Lipinski definition) is 2. The molecule has 8 nitrogen and oxygen atoms in total. The molecule has 2 heterocycles. The Morgan fingerprint density at radius 1 is 1.19 bits per heavy atom. The number of nitrogens with zero attached hydrogens (tertiary/aromatic N) is 3. The maximum Gasteiger partial charge on any atom is 0.293 e. The highest BCUT2D eigenvalue weighted by atomic mass is 35.5. The summed E-state index contributed by atoms with van der Waals surface area (Å²) in [7, 11) is 3.16. The summed E-state index contributed by atoms with van der Waals surface area (Å²) < 4.78 is 6.86. The van der Waals surface area contributed by atoms with Crippen LogP contribution in [-0.4, -0.2) is 34.1 Å². The van der Waals surface area contributed by atoms with Crippen molar-refractivity contribution in [1.29, 1.82) is 0 Å². The molecule has 0 unspecified atom stereocenters. The molecule has 0 radical (unpaired) electrons. The van der Waals surface area contributed by atoms with Crippen LogP contribution in [0.3, 0.4) is 0 Å². The number of carbonyl (C=O) groups excluding carboxylic acids is 1. The van der Waals surface area contributed by atoms with Gasteiger partial charge in [0.2, 0.25) is 0 Å². The van der Waals surface area contributed by atoms with E-state index in [0.29, 0.717) is 23.1 Å². The van der Waals surface area contributed by atoms with Crippen LogP contribution in [0.5, 0.6) is 5.75 Å². The molecule has 1 amide bonds. The molecule has 0 atom stereocenters. The largest absolute Gasteiger partial charge is 0.478 e. The number of hydrogen-bond acceptors (Lipinski definition) is 6. The summed E-state index contributed by atoms with van der Waals surface area (Å²) >= 11 is 6.19. The van der Waals surface area contributed by atoms with Crippen LogP contribution in [0.15, 0.2) is 35.3 Å². The van der Waals surface area contributed by atoms with Crippen LogP contribution in [0, 0.1) is 0 Å². The molecule has 0 spiro atoms. The minimum Gasteiger partial charge on any atom is -0.478 e. The lowest BCUT2D eigenvalue weighted by Crippen LogP contribution is -2.27. The summed E-state index contributed by atoms with van der Waals surface area (Å²) in [4.78, 5) is 32.4. The van der Waals surface area contributed by atoms with Crippen LogP contribution in [0.1, 0.15) is 40.4 Å². The van der Waals surface area contributed by atoms with Crippen molar-refractivity contribution in [1.82, 2.24) is 19.9 Å². The summed E-state index contributed by atoms with van der Waals surface area (Å²) in [5.74, 6) is 0.973. The van der Waals surface area contributed by atoms with Crippen molar-refractivity contribution in [2.45, 2.75) is 41.0 Å². The molecule has 1 aromatic carbocycles. The first-order valence-electron chi connectivity index (χ1n) is 10.7. The number of pyridine rings is 1. The van der Waals surface area contributed by atoms with Gasteiger partial charge in [0.05, 0.1) is 11.7 Å². The molecule has 32 heavy (non-hydrogen) atoms. The fourth-order valence-corrected chi connectivity index (χ4v) is 2.79. The Hall–Kier alpha value is -3.13. The van der Waals surface area contributed by atoms with Crippen molar-refractivity contribution in [2.75, 3.05) is 19.0 Å². The van der Waals surface area contributed by atoms with Crippen LogP contribution in [-0.2, 0) is 18.3 Å². The van der Waals surface area contributed by atoms with Gasteiger partial charge in [0.25, 0.3) is 11.5 Å². The predicted octanol–water partition coefficient (Wildman–Crippen LogP) is 4.47. The molecule has 0 aliphatic rings. The Morgan fingerprint density at radius 2 is 1.88 bits per heavy atom. The third-order valence-corrected chi connectivity index (χ3v) is 4.48. The number of amides is 1. The van der Waals surface area contributed by atoms with Crippen molar-refractivity contribution in [3.8, 4) is 5.75 Å². The minimum absolute atomic E-state index is 0.101. The van der Waals surface area contributed by atoms with Gasteiger partial charge in [-0.05, 0) is 24.3 Å². The molecule has 174 valence electrons. The van der Waals surface area contributed by atoms with E-state index in [1.807, 2.05) is 52.8 Å². The summed E-state index contributed by atoms with van der Waals surface area (Å²) in [6.45, 7) is 9.73. The van der Waals surface area contributed by atoms with E-state index in [4.69, 9.17) is 16.3 Å². The molecule has 0 aliphatic heterocycles. The van der Waals surface area contributed by atoms with Gasteiger partial charge in [-0.25, -0.2) is 9.97 Å². The molecular formula is C23H32ClN5O3. The average molecular weight is 462 g/mol. The number of likely N-dealkylation sites (N-methyl/N-ethyl adjacent to an activating group) is 1. The lowest BCUT2D eigenvalue weighted by molar-refractivity contribution is -0.122. The van der Waals surface area contributed by atoms with E-state index < -0.39 is 0 Å². The van der Waals surface area contributed by atoms with Crippen molar-refractivity contribution < 1.29 is 9.53 Å².